The fraction of sp³-hybridized carbons (Fsp3) is 0.500. The summed E-state index contributed by atoms with van der Waals surface area (Å²) in [7, 11) is 5.70. The highest BCUT2D eigenvalue weighted by Crippen LogP contribution is 2.29. The monoisotopic (exact) mass is 315 g/mol. The van der Waals surface area contributed by atoms with Crippen LogP contribution in [0.1, 0.15) is 24.2 Å². The van der Waals surface area contributed by atoms with Crippen LogP contribution in [0.4, 0.5) is 5.69 Å². The van der Waals surface area contributed by atoms with E-state index in [0.717, 1.165) is 29.7 Å². The summed E-state index contributed by atoms with van der Waals surface area (Å²) in [4.78, 5) is 18.7. The number of carbonyl (C=O) groups excluding carboxylic acids is 1. The molecule has 0 saturated carbocycles. The van der Waals surface area contributed by atoms with E-state index in [1.54, 1.807) is 25.3 Å². The number of piperazine rings is 1. The molecule has 124 valence electrons. The van der Waals surface area contributed by atoms with Crippen molar-refractivity contribution in [2.45, 2.75) is 25.9 Å². The van der Waals surface area contributed by atoms with Crippen molar-refractivity contribution in [3.8, 4) is 0 Å². The fourth-order valence-electron chi connectivity index (χ4n) is 3.24. The van der Waals surface area contributed by atoms with Gasteiger partial charge in [-0.05, 0) is 39.1 Å². The van der Waals surface area contributed by atoms with Gasteiger partial charge in [-0.25, -0.2) is 0 Å². The Morgan fingerprint density at radius 3 is 2.48 bits per heavy atom. The first-order valence-corrected chi connectivity index (χ1v) is 8.08. The lowest BCUT2D eigenvalue weighted by molar-refractivity contribution is 0.0828. The number of likely N-dealkylation sites (N-methyl/N-ethyl adjacent to an activating group) is 1. The molecule has 0 bridgehead atoms. The number of nitrogens with zero attached hydrogens (tertiary/aromatic N) is 3. The third-order valence-electron chi connectivity index (χ3n) is 4.92. The maximum absolute atomic E-state index is 12.3. The molecule has 2 heterocycles. The maximum atomic E-state index is 12.3. The van der Waals surface area contributed by atoms with Crippen molar-refractivity contribution in [1.29, 1.82) is 0 Å². The van der Waals surface area contributed by atoms with Gasteiger partial charge in [0.05, 0.1) is 5.56 Å². The molecule has 1 aromatic carbocycles. The molecule has 5 nitrogen and oxygen atoms in total. The van der Waals surface area contributed by atoms with Crippen LogP contribution in [0.15, 0.2) is 28.9 Å². The second-order valence-electron chi connectivity index (χ2n) is 6.80. The van der Waals surface area contributed by atoms with Gasteiger partial charge >= 0.3 is 0 Å². The number of benzene rings is 1. The Hall–Kier alpha value is -2.01. The van der Waals surface area contributed by atoms with Gasteiger partial charge in [-0.3, -0.25) is 9.69 Å². The minimum Gasteiger partial charge on any atom is -0.463 e. The van der Waals surface area contributed by atoms with Gasteiger partial charge in [-0.2, -0.15) is 0 Å². The zero-order valence-electron chi connectivity index (χ0n) is 14.5. The first-order valence-electron chi connectivity index (χ1n) is 8.08. The SMILES string of the molecule is C[C@@H]1CN(c2ccc3occ(C(=O)N(C)C)c3c2)C[C@H](C)N1C. The normalized spacial score (nSPS) is 22.6. The first kappa shape index (κ1) is 15.9. The molecule has 1 aliphatic heterocycles. The molecule has 0 N–H and O–H groups in total. The third kappa shape index (κ3) is 2.81. The van der Waals surface area contributed by atoms with Crippen molar-refractivity contribution in [1.82, 2.24) is 9.80 Å². The second-order valence-corrected chi connectivity index (χ2v) is 6.80. The van der Waals surface area contributed by atoms with Crippen molar-refractivity contribution < 1.29 is 9.21 Å². The van der Waals surface area contributed by atoms with E-state index in [1.165, 1.54) is 0 Å². The summed E-state index contributed by atoms with van der Waals surface area (Å²) in [5.74, 6) is -0.0268. The summed E-state index contributed by atoms with van der Waals surface area (Å²) in [6.45, 7) is 6.47. The van der Waals surface area contributed by atoms with Gasteiger partial charge in [-0.15, -0.1) is 0 Å². The zero-order valence-corrected chi connectivity index (χ0v) is 14.5. The molecule has 1 aliphatic rings. The Labute approximate surface area is 137 Å². The van der Waals surface area contributed by atoms with Crippen LogP contribution in [-0.4, -0.2) is 62.0 Å². The minimum absolute atomic E-state index is 0.0268. The molecular formula is C18H25N3O2. The van der Waals surface area contributed by atoms with E-state index < -0.39 is 0 Å². The van der Waals surface area contributed by atoms with Gasteiger partial charge < -0.3 is 14.2 Å². The number of amides is 1. The Morgan fingerprint density at radius 2 is 1.87 bits per heavy atom. The lowest BCUT2D eigenvalue weighted by Gasteiger charge is -2.43. The van der Waals surface area contributed by atoms with Gasteiger partial charge in [-0.1, -0.05) is 0 Å². The lowest BCUT2D eigenvalue weighted by Crippen LogP contribution is -2.55. The molecule has 0 radical (unpaired) electrons. The molecule has 5 heteroatoms. The largest absolute Gasteiger partial charge is 0.463 e. The van der Waals surface area contributed by atoms with E-state index in [9.17, 15) is 4.79 Å². The van der Waals surface area contributed by atoms with Crippen LogP contribution < -0.4 is 4.90 Å². The van der Waals surface area contributed by atoms with Crippen LogP contribution in [0.2, 0.25) is 0 Å². The standard InChI is InChI=1S/C18H25N3O2/c1-12-9-21(10-13(2)20(12)5)14-6-7-17-15(8-14)16(11-23-17)18(22)19(3)4/h6-8,11-13H,9-10H2,1-5H3/t12-,13+. The number of hydrogen-bond acceptors (Lipinski definition) is 4. The lowest BCUT2D eigenvalue weighted by atomic mass is 10.1. The predicted molar refractivity (Wildman–Crippen MR) is 93.1 cm³/mol. The summed E-state index contributed by atoms with van der Waals surface area (Å²) in [5, 5.41) is 0.889. The second kappa shape index (κ2) is 5.89. The molecule has 2 aromatic rings. The van der Waals surface area contributed by atoms with Crippen LogP contribution >= 0.6 is 0 Å². The van der Waals surface area contributed by atoms with Gasteiger partial charge in [0.25, 0.3) is 5.91 Å². The Morgan fingerprint density at radius 1 is 1.22 bits per heavy atom. The first-order chi connectivity index (χ1) is 10.9. The van der Waals surface area contributed by atoms with Crippen molar-refractivity contribution in [2.75, 3.05) is 39.1 Å². The van der Waals surface area contributed by atoms with Crippen molar-refractivity contribution in [3.63, 3.8) is 0 Å². The number of fused-ring (bicyclic) bond motifs is 1. The third-order valence-corrected chi connectivity index (χ3v) is 4.92. The number of carbonyl (C=O) groups is 1. The molecule has 3 rings (SSSR count). The van der Waals surface area contributed by atoms with Gasteiger partial charge in [0.1, 0.15) is 11.8 Å². The quantitative estimate of drug-likeness (QED) is 0.854. The van der Waals surface area contributed by atoms with E-state index in [1.807, 2.05) is 6.07 Å². The predicted octanol–water partition coefficient (Wildman–Crippen LogP) is 2.66. The molecule has 1 fully saturated rings. The Bertz CT molecular complexity index is 710. The van der Waals surface area contributed by atoms with Gasteiger partial charge in [0.2, 0.25) is 0 Å². The van der Waals surface area contributed by atoms with Crippen LogP contribution in [0.3, 0.4) is 0 Å². The highest BCUT2D eigenvalue weighted by atomic mass is 16.3. The van der Waals surface area contributed by atoms with Crippen LogP contribution in [-0.2, 0) is 0 Å². The highest BCUT2D eigenvalue weighted by molar-refractivity contribution is 6.06. The maximum Gasteiger partial charge on any atom is 0.257 e. The molecule has 0 spiro atoms. The summed E-state index contributed by atoms with van der Waals surface area (Å²) in [5.41, 5.74) is 2.54. The molecule has 0 aliphatic carbocycles. The summed E-state index contributed by atoms with van der Waals surface area (Å²) in [6, 6.07) is 7.13. The summed E-state index contributed by atoms with van der Waals surface area (Å²) in [6.07, 6.45) is 1.56. The van der Waals surface area contributed by atoms with E-state index in [-0.39, 0.29) is 5.91 Å². The molecule has 2 atom stereocenters. The molecule has 1 aromatic heterocycles. The number of rotatable bonds is 2. The Kier molecular flexibility index (Phi) is 4.06. The van der Waals surface area contributed by atoms with Crippen LogP contribution in [0.25, 0.3) is 11.0 Å². The smallest absolute Gasteiger partial charge is 0.257 e. The number of hydrogen-bond donors (Lipinski definition) is 0. The molecule has 23 heavy (non-hydrogen) atoms. The van der Waals surface area contributed by atoms with E-state index in [0.29, 0.717) is 17.6 Å². The van der Waals surface area contributed by atoms with E-state index in [2.05, 4.69) is 42.8 Å². The van der Waals surface area contributed by atoms with Crippen molar-refractivity contribution in [3.05, 3.63) is 30.0 Å². The summed E-state index contributed by atoms with van der Waals surface area (Å²) < 4.78 is 5.55. The zero-order chi connectivity index (χ0) is 16.7. The minimum atomic E-state index is -0.0268. The van der Waals surface area contributed by atoms with Crippen molar-refractivity contribution >= 4 is 22.6 Å². The molecule has 1 amide bonds. The topological polar surface area (TPSA) is 39.9 Å². The van der Waals surface area contributed by atoms with Crippen LogP contribution in [0, 0.1) is 0 Å². The summed E-state index contributed by atoms with van der Waals surface area (Å²) >= 11 is 0. The Balaban J connectivity index is 1.96. The van der Waals surface area contributed by atoms with Crippen LogP contribution in [0.5, 0.6) is 0 Å². The fourth-order valence-corrected chi connectivity index (χ4v) is 3.24. The number of anilines is 1. The number of furan rings is 1. The van der Waals surface area contributed by atoms with Gasteiger partial charge in [0, 0.05) is 50.3 Å². The van der Waals surface area contributed by atoms with E-state index in [4.69, 9.17) is 4.42 Å². The van der Waals surface area contributed by atoms with Crippen molar-refractivity contribution in [2.24, 2.45) is 0 Å². The van der Waals surface area contributed by atoms with E-state index >= 15 is 0 Å². The average Bonchev–Trinajstić information content (AvgIpc) is 2.94. The molecule has 0 unspecified atom stereocenters. The van der Waals surface area contributed by atoms with Gasteiger partial charge in [0.15, 0.2) is 0 Å². The average molecular weight is 315 g/mol. The molecular weight excluding hydrogens is 290 g/mol. The highest BCUT2D eigenvalue weighted by Gasteiger charge is 2.27. The molecule has 1 saturated heterocycles.